The second-order valence-corrected chi connectivity index (χ2v) is 5.23. The third-order valence-electron chi connectivity index (χ3n) is 3.18. The molecular weight excluding hydrogens is 246 g/mol. The summed E-state index contributed by atoms with van der Waals surface area (Å²) >= 11 is 1.58. The highest BCUT2D eigenvalue weighted by molar-refractivity contribution is 7.99. The fourth-order valence-electron chi connectivity index (χ4n) is 2.19. The van der Waals surface area contributed by atoms with E-state index in [1.54, 1.807) is 11.8 Å². The van der Waals surface area contributed by atoms with Crippen LogP contribution in [-0.2, 0) is 4.79 Å². The maximum Gasteiger partial charge on any atom is 0.232 e. The van der Waals surface area contributed by atoms with Gasteiger partial charge in [0.1, 0.15) is 0 Å². The molecule has 1 fully saturated rings. The van der Waals surface area contributed by atoms with Crippen LogP contribution in [0.15, 0.2) is 24.3 Å². The first-order chi connectivity index (χ1) is 8.72. The third-order valence-corrected chi connectivity index (χ3v) is 3.71. The van der Waals surface area contributed by atoms with Gasteiger partial charge in [-0.3, -0.25) is 4.79 Å². The van der Waals surface area contributed by atoms with Crippen molar-refractivity contribution < 1.29 is 4.79 Å². The Morgan fingerprint density at radius 3 is 2.56 bits per heavy atom. The monoisotopic (exact) mass is 265 g/mol. The van der Waals surface area contributed by atoms with E-state index < -0.39 is 0 Å². The Hall–Kier alpha value is -1.36. The maximum atomic E-state index is 11.8. The summed E-state index contributed by atoms with van der Waals surface area (Å²) < 4.78 is 0. The Balaban J connectivity index is 1.95. The fourth-order valence-corrected chi connectivity index (χ4v) is 2.62. The zero-order chi connectivity index (χ0) is 13.0. The summed E-state index contributed by atoms with van der Waals surface area (Å²) in [5.74, 6) is 0.816. The lowest BCUT2D eigenvalue weighted by Crippen LogP contribution is -2.49. The van der Waals surface area contributed by atoms with Gasteiger partial charge >= 0.3 is 0 Å². The van der Waals surface area contributed by atoms with Crippen molar-refractivity contribution in [2.24, 2.45) is 0 Å². The van der Waals surface area contributed by atoms with Crippen LogP contribution in [0.2, 0.25) is 0 Å². The van der Waals surface area contributed by atoms with E-state index in [9.17, 15) is 4.79 Å². The average Bonchev–Trinajstić information content (AvgIpc) is 2.40. The molecule has 2 N–H and O–H groups in total. The van der Waals surface area contributed by atoms with Crippen molar-refractivity contribution in [2.75, 3.05) is 48.8 Å². The van der Waals surface area contributed by atoms with Crippen LogP contribution in [0.5, 0.6) is 0 Å². The lowest BCUT2D eigenvalue weighted by atomic mass is 10.2. The van der Waals surface area contributed by atoms with Crippen molar-refractivity contribution in [1.29, 1.82) is 0 Å². The molecule has 1 heterocycles. The Labute approximate surface area is 112 Å². The summed E-state index contributed by atoms with van der Waals surface area (Å²) in [6.07, 6.45) is 1.96. The first-order valence-electron chi connectivity index (χ1n) is 6.08. The SMILES string of the molecule is CSCC(=O)N1CCN(c2ccccc2N)CC1. The van der Waals surface area contributed by atoms with E-state index in [-0.39, 0.29) is 5.91 Å². The molecule has 5 heteroatoms. The number of carbonyl (C=O) groups is 1. The molecule has 0 aliphatic carbocycles. The Morgan fingerprint density at radius 1 is 1.28 bits per heavy atom. The number of thioether (sulfide) groups is 1. The maximum absolute atomic E-state index is 11.8. The highest BCUT2D eigenvalue weighted by atomic mass is 32.2. The molecule has 0 atom stereocenters. The van der Waals surface area contributed by atoms with Gasteiger partial charge in [0, 0.05) is 26.2 Å². The summed E-state index contributed by atoms with van der Waals surface area (Å²) in [6, 6.07) is 7.89. The van der Waals surface area contributed by atoms with Crippen LogP contribution in [0.1, 0.15) is 0 Å². The number of carbonyl (C=O) groups excluding carboxylic acids is 1. The summed E-state index contributed by atoms with van der Waals surface area (Å²) in [6.45, 7) is 3.28. The molecule has 2 rings (SSSR count). The lowest BCUT2D eigenvalue weighted by Gasteiger charge is -2.36. The summed E-state index contributed by atoms with van der Waals surface area (Å²) in [5.41, 5.74) is 7.85. The number of amides is 1. The molecule has 1 amide bonds. The van der Waals surface area contributed by atoms with Crippen molar-refractivity contribution in [3.8, 4) is 0 Å². The molecular formula is C13H19N3OS. The van der Waals surface area contributed by atoms with E-state index in [0.717, 1.165) is 37.6 Å². The molecule has 1 aliphatic rings. The zero-order valence-corrected chi connectivity index (χ0v) is 11.4. The van der Waals surface area contributed by atoms with Gasteiger partial charge in [0.05, 0.1) is 17.1 Å². The molecule has 1 aromatic carbocycles. The molecule has 0 bridgehead atoms. The van der Waals surface area contributed by atoms with Crippen molar-refractivity contribution in [2.45, 2.75) is 0 Å². The minimum absolute atomic E-state index is 0.239. The number of piperazine rings is 1. The highest BCUT2D eigenvalue weighted by Crippen LogP contribution is 2.23. The van der Waals surface area contributed by atoms with Gasteiger partial charge in [-0.25, -0.2) is 0 Å². The second kappa shape index (κ2) is 6.00. The lowest BCUT2D eigenvalue weighted by molar-refractivity contribution is -0.128. The number of anilines is 2. The third kappa shape index (κ3) is 2.90. The van der Waals surface area contributed by atoms with E-state index in [1.807, 2.05) is 35.4 Å². The van der Waals surface area contributed by atoms with Crippen LogP contribution < -0.4 is 10.6 Å². The van der Waals surface area contributed by atoms with Gasteiger partial charge in [0.15, 0.2) is 0 Å². The van der Waals surface area contributed by atoms with Crippen LogP contribution in [0.25, 0.3) is 0 Å². The molecule has 4 nitrogen and oxygen atoms in total. The topological polar surface area (TPSA) is 49.6 Å². The van der Waals surface area contributed by atoms with Gasteiger partial charge in [-0.15, -0.1) is 0 Å². The number of nitrogens with zero attached hydrogens (tertiary/aromatic N) is 2. The minimum atomic E-state index is 0.239. The van der Waals surface area contributed by atoms with Crippen molar-refractivity contribution >= 4 is 29.0 Å². The standard InChI is InChI=1S/C13H19N3OS/c1-18-10-13(17)16-8-6-15(7-9-16)12-5-3-2-4-11(12)14/h2-5H,6-10,14H2,1H3. The normalized spacial score (nSPS) is 15.8. The van der Waals surface area contributed by atoms with E-state index in [2.05, 4.69) is 4.90 Å². The summed E-state index contributed by atoms with van der Waals surface area (Å²) in [4.78, 5) is 16.0. The van der Waals surface area contributed by atoms with E-state index in [1.165, 1.54) is 0 Å². The van der Waals surface area contributed by atoms with Gasteiger partial charge < -0.3 is 15.5 Å². The number of para-hydroxylation sites is 2. The smallest absolute Gasteiger partial charge is 0.232 e. The fraction of sp³-hybridized carbons (Fsp3) is 0.462. The number of hydrogen-bond donors (Lipinski definition) is 1. The van der Waals surface area contributed by atoms with Crippen LogP contribution in [0.4, 0.5) is 11.4 Å². The first kappa shape index (κ1) is 13.1. The number of hydrogen-bond acceptors (Lipinski definition) is 4. The predicted octanol–water partition coefficient (Wildman–Crippen LogP) is 1.28. The van der Waals surface area contributed by atoms with Crippen LogP contribution in [0.3, 0.4) is 0 Å². The molecule has 1 saturated heterocycles. The van der Waals surface area contributed by atoms with Crippen molar-refractivity contribution in [1.82, 2.24) is 4.90 Å². The molecule has 0 radical (unpaired) electrons. The van der Waals surface area contributed by atoms with E-state index >= 15 is 0 Å². The minimum Gasteiger partial charge on any atom is -0.397 e. The van der Waals surface area contributed by atoms with Gasteiger partial charge in [-0.2, -0.15) is 11.8 Å². The largest absolute Gasteiger partial charge is 0.397 e. The van der Waals surface area contributed by atoms with Crippen molar-refractivity contribution in [3.05, 3.63) is 24.3 Å². The Kier molecular flexibility index (Phi) is 4.36. The summed E-state index contributed by atoms with van der Waals surface area (Å²) in [5, 5.41) is 0. The van der Waals surface area contributed by atoms with Crippen molar-refractivity contribution in [3.63, 3.8) is 0 Å². The number of benzene rings is 1. The number of nitrogen functional groups attached to an aromatic ring is 1. The molecule has 0 spiro atoms. The zero-order valence-electron chi connectivity index (χ0n) is 10.6. The van der Waals surface area contributed by atoms with Gasteiger partial charge in [0.25, 0.3) is 0 Å². The highest BCUT2D eigenvalue weighted by Gasteiger charge is 2.21. The predicted molar refractivity (Wildman–Crippen MR) is 78.0 cm³/mol. The molecule has 1 aliphatic heterocycles. The Morgan fingerprint density at radius 2 is 1.94 bits per heavy atom. The molecule has 0 saturated carbocycles. The number of nitrogens with two attached hydrogens (primary N) is 1. The average molecular weight is 265 g/mol. The van der Waals surface area contributed by atoms with Gasteiger partial charge in [0.2, 0.25) is 5.91 Å². The molecule has 0 unspecified atom stereocenters. The summed E-state index contributed by atoms with van der Waals surface area (Å²) in [7, 11) is 0. The second-order valence-electron chi connectivity index (χ2n) is 4.36. The van der Waals surface area contributed by atoms with Gasteiger partial charge in [-0.05, 0) is 18.4 Å². The first-order valence-corrected chi connectivity index (χ1v) is 7.48. The molecule has 18 heavy (non-hydrogen) atoms. The molecule has 98 valence electrons. The van der Waals surface area contributed by atoms with E-state index in [0.29, 0.717) is 5.75 Å². The quantitative estimate of drug-likeness (QED) is 0.837. The van der Waals surface area contributed by atoms with Gasteiger partial charge in [-0.1, -0.05) is 12.1 Å². The van der Waals surface area contributed by atoms with Crippen LogP contribution in [-0.4, -0.2) is 49.0 Å². The Bertz CT molecular complexity index is 416. The number of rotatable bonds is 3. The molecule has 0 aromatic heterocycles. The van der Waals surface area contributed by atoms with Crippen LogP contribution in [0, 0.1) is 0 Å². The van der Waals surface area contributed by atoms with Crippen LogP contribution >= 0.6 is 11.8 Å². The van der Waals surface area contributed by atoms with E-state index in [4.69, 9.17) is 5.73 Å². The molecule has 1 aromatic rings.